The summed E-state index contributed by atoms with van der Waals surface area (Å²) < 4.78 is 12.5. The molecule has 0 aliphatic carbocycles. The zero-order chi connectivity index (χ0) is 15.3. The van der Waals surface area contributed by atoms with Crippen molar-refractivity contribution in [1.82, 2.24) is 4.90 Å². The second-order valence-electron chi connectivity index (χ2n) is 4.39. The van der Waals surface area contributed by atoms with E-state index >= 15 is 0 Å². The van der Waals surface area contributed by atoms with Crippen LogP contribution in [0.5, 0.6) is 0 Å². The molecular weight excluding hydrogens is 346 g/mol. The molecule has 0 aliphatic heterocycles. The summed E-state index contributed by atoms with van der Waals surface area (Å²) in [7, 11) is 2.04. The van der Waals surface area contributed by atoms with Crippen LogP contribution in [0.1, 0.15) is 23.2 Å². The lowest BCUT2D eigenvalue weighted by molar-refractivity contribution is -0.128. The van der Waals surface area contributed by atoms with Crippen LogP contribution in [0, 0.1) is 0 Å². The van der Waals surface area contributed by atoms with Gasteiger partial charge in [0, 0.05) is 35.6 Å². The Morgan fingerprint density at radius 2 is 2.00 bits per heavy atom. The molecule has 1 aromatic rings. The van der Waals surface area contributed by atoms with Gasteiger partial charge in [-0.3, -0.25) is 9.00 Å². The Bertz CT molecular complexity index is 545. The highest BCUT2D eigenvalue weighted by Gasteiger charge is 2.13. The lowest BCUT2D eigenvalue weighted by Crippen LogP contribution is -2.21. The molecule has 1 rings (SSSR count). The fraction of sp³-hybridized carbons (Fsp3) is 0.385. The zero-order valence-electron chi connectivity index (χ0n) is 11.3. The van der Waals surface area contributed by atoms with Gasteiger partial charge in [0.25, 0.3) is 0 Å². The van der Waals surface area contributed by atoms with Crippen molar-refractivity contribution in [2.24, 2.45) is 0 Å². The molecule has 0 heterocycles. The Morgan fingerprint density at radius 3 is 2.55 bits per heavy atom. The third-order valence-electron chi connectivity index (χ3n) is 2.65. The normalized spacial score (nSPS) is 11.9. The number of benzene rings is 1. The van der Waals surface area contributed by atoms with Crippen molar-refractivity contribution in [2.75, 3.05) is 19.8 Å². The van der Waals surface area contributed by atoms with Crippen molar-refractivity contribution in [1.29, 1.82) is 0 Å². The first-order chi connectivity index (χ1) is 9.32. The number of carbonyl (C=O) groups is 2. The second kappa shape index (κ2) is 7.54. The summed E-state index contributed by atoms with van der Waals surface area (Å²) in [4.78, 5) is 24.3. The van der Waals surface area contributed by atoms with Gasteiger partial charge in [-0.2, -0.15) is 0 Å². The van der Waals surface area contributed by atoms with Gasteiger partial charge in [0.15, 0.2) is 0 Å². The highest BCUT2D eigenvalue weighted by Crippen LogP contribution is 2.20. The maximum absolute atomic E-state index is 12.1. The van der Waals surface area contributed by atoms with Gasteiger partial charge in [0.1, 0.15) is 0 Å². The number of carbonyl (C=O) groups excluding carboxylic acids is 1. The van der Waals surface area contributed by atoms with E-state index in [0.29, 0.717) is 28.0 Å². The number of hydrogen-bond acceptors (Lipinski definition) is 3. The molecule has 0 aliphatic rings. The molecule has 0 fully saturated rings. The molecule has 5 nitrogen and oxygen atoms in total. The number of aromatic carboxylic acids is 1. The largest absolute Gasteiger partial charge is 0.478 e. The number of rotatable bonds is 6. The van der Waals surface area contributed by atoms with Crippen molar-refractivity contribution in [3.8, 4) is 0 Å². The third-order valence-corrected chi connectivity index (χ3v) is 4.78. The quantitative estimate of drug-likeness (QED) is 0.841. The van der Waals surface area contributed by atoms with Gasteiger partial charge in [0.05, 0.1) is 16.4 Å². The SMILES string of the molecule is CN(C)C(=O)CCCS(=O)c1ccc(Br)c(C(=O)O)c1. The molecule has 0 saturated heterocycles. The van der Waals surface area contributed by atoms with Crippen LogP contribution in [0.4, 0.5) is 0 Å². The first-order valence-corrected chi connectivity index (χ1v) is 8.05. The summed E-state index contributed by atoms with van der Waals surface area (Å²) in [5.74, 6) is -0.747. The van der Waals surface area contributed by atoms with Crippen LogP contribution in [0.3, 0.4) is 0 Å². The predicted molar refractivity (Wildman–Crippen MR) is 80.3 cm³/mol. The van der Waals surface area contributed by atoms with E-state index in [2.05, 4.69) is 15.9 Å². The number of carboxylic acids is 1. The highest BCUT2D eigenvalue weighted by atomic mass is 79.9. The smallest absolute Gasteiger partial charge is 0.336 e. The Morgan fingerprint density at radius 1 is 1.35 bits per heavy atom. The van der Waals surface area contributed by atoms with Gasteiger partial charge in [-0.15, -0.1) is 0 Å². The molecule has 7 heteroatoms. The minimum atomic E-state index is -1.30. The Hall–Kier alpha value is -1.21. The Kier molecular flexibility index (Phi) is 6.35. The van der Waals surface area contributed by atoms with Crippen LogP contribution in [-0.2, 0) is 15.6 Å². The molecule has 0 bridgehead atoms. The summed E-state index contributed by atoms with van der Waals surface area (Å²) in [5.41, 5.74) is 0.0835. The van der Waals surface area contributed by atoms with Crippen LogP contribution < -0.4 is 0 Å². The minimum Gasteiger partial charge on any atom is -0.478 e. The molecule has 20 heavy (non-hydrogen) atoms. The summed E-state index contributed by atoms with van der Waals surface area (Å²) in [6, 6.07) is 4.60. The molecule has 1 aromatic carbocycles. The summed E-state index contributed by atoms with van der Waals surface area (Å²) >= 11 is 3.14. The van der Waals surface area contributed by atoms with Gasteiger partial charge in [-0.25, -0.2) is 4.79 Å². The monoisotopic (exact) mass is 361 g/mol. The van der Waals surface area contributed by atoms with Crippen LogP contribution in [0.25, 0.3) is 0 Å². The van der Waals surface area contributed by atoms with Crippen LogP contribution >= 0.6 is 15.9 Å². The fourth-order valence-corrected chi connectivity index (χ4v) is 3.03. The molecule has 0 saturated carbocycles. The third kappa shape index (κ3) is 4.72. The molecule has 110 valence electrons. The Labute approximate surface area is 128 Å². The van der Waals surface area contributed by atoms with E-state index in [4.69, 9.17) is 5.11 Å². The first kappa shape index (κ1) is 16.8. The number of amides is 1. The predicted octanol–water partition coefficient (Wildman–Crippen LogP) is 2.12. The second-order valence-corrected chi connectivity index (χ2v) is 6.81. The van der Waals surface area contributed by atoms with Crippen molar-refractivity contribution < 1.29 is 18.9 Å². The van der Waals surface area contributed by atoms with E-state index in [-0.39, 0.29) is 11.5 Å². The van der Waals surface area contributed by atoms with Crippen LogP contribution in [0.15, 0.2) is 27.6 Å². The summed E-state index contributed by atoms with van der Waals surface area (Å²) in [5, 5.41) is 9.00. The van der Waals surface area contributed by atoms with Crippen molar-refractivity contribution >= 4 is 38.6 Å². The lowest BCUT2D eigenvalue weighted by Gasteiger charge is -2.09. The molecule has 1 unspecified atom stereocenters. The number of halogens is 1. The maximum Gasteiger partial charge on any atom is 0.336 e. The number of carboxylic acid groups (broad SMARTS) is 1. The van der Waals surface area contributed by atoms with E-state index in [1.807, 2.05) is 0 Å². The van der Waals surface area contributed by atoms with E-state index < -0.39 is 16.8 Å². The van der Waals surface area contributed by atoms with E-state index in [0.717, 1.165) is 0 Å². The minimum absolute atomic E-state index is 0.0102. The molecule has 1 atom stereocenters. The maximum atomic E-state index is 12.1. The standard InChI is InChI=1S/C13H16BrNO4S/c1-15(2)12(16)4-3-7-20(19)9-5-6-11(14)10(8-9)13(17)18/h5-6,8H,3-4,7H2,1-2H3,(H,17,18). The fourth-order valence-electron chi connectivity index (χ4n) is 1.51. The highest BCUT2D eigenvalue weighted by molar-refractivity contribution is 9.10. The van der Waals surface area contributed by atoms with Crippen LogP contribution in [-0.4, -0.2) is 45.9 Å². The molecule has 0 aromatic heterocycles. The molecule has 0 spiro atoms. The molecule has 1 N–H and O–H groups in total. The molecular formula is C13H16BrNO4S. The van der Waals surface area contributed by atoms with Crippen molar-refractivity contribution in [3.05, 3.63) is 28.2 Å². The summed E-state index contributed by atoms with van der Waals surface area (Å²) in [6.45, 7) is 0. The zero-order valence-corrected chi connectivity index (χ0v) is 13.7. The average molecular weight is 362 g/mol. The van der Waals surface area contributed by atoms with Crippen molar-refractivity contribution in [2.45, 2.75) is 17.7 Å². The molecule has 0 radical (unpaired) electrons. The lowest BCUT2D eigenvalue weighted by atomic mass is 10.2. The van der Waals surface area contributed by atoms with Crippen LogP contribution in [0.2, 0.25) is 0 Å². The number of hydrogen-bond donors (Lipinski definition) is 1. The van der Waals surface area contributed by atoms with Gasteiger partial charge in [-0.1, -0.05) is 0 Å². The van der Waals surface area contributed by atoms with E-state index in [1.165, 1.54) is 11.0 Å². The van der Waals surface area contributed by atoms with Gasteiger partial charge >= 0.3 is 5.97 Å². The topological polar surface area (TPSA) is 74.7 Å². The number of nitrogens with zero attached hydrogens (tertiary/aromatic N) is 1. The Balaban J connectivity index is 2.67. The van der Waals surface area contributed by atoms with Gasteiger partial charge in [-0.05, 0) is 40.5 Å². The first-order valence-electron chi connectivity index (χ1n) is 5.94. The molecule has 1 amide bonds. The van der Waals surface area contributed by atoms with E-state index in [9.17, 15) is 13.8 Å². The average Bonchev–Trinajstić information content (AvgIpc) is 2.38. The van der Waals surface area contributed by atoms with Gasteiger partial charge < -0.3 is 10.0 Å². The van der Waals surface area contributed by atoms with Crippen molar-refractivity contribution in [3.63, 3.8) is 0 Å². The van der Waals surface area contributed by atoms with E-state index in [1.54, 1.807) is 26.2 Å². The summed E-state index contributed by atoms with van der Waals surface area (Å²) in [6.07, 6.45) is 0.836. The van der Waals surface area contributed by atoms with Gasteiger partial charge in [0.2, 0.25) is 5.91 Å².